The van der Waals surface area contributed by atoms with Crippen LogP contribution in [-0.4, -0.2) is 32.3 Å². The zero-order chi connectivity index (χ0) is 18.1. The molecule has 2 rings (SSSR count). The van der Waals surface area contributed by atoms with Gasteiger partial charge in [-0.1, -0.05) is 36.8 Å². The lowest BCUT2D eigenvalue weighted by Crippen LogP contribution is -2.39. The summed E-state index contributed by atoms with van der Waals surface area (Å²) in [5.74, 6) is 1.87. The first-order chi connectivity index (χ1) is 12.1. The third kappa shape index (κ3) is 5.71. The van der Waals surface area contributed by atoms with Gasteiger partial charge in [0.2, 0.25) is 0 Å². The second kappa shape index (κ2) is 9.57. The summed E-state index contributed by atoms with van der Waals surface area (Å²) in [6.45, 7) is 4.68. The topological polar surface area (TPSA) is 56.8 Å². The Balaban J connectivity index is 1.78. The van der Waals surface area contributed by atoms with Crippen molar-refractivity contribution >= 4 is 5.91 Å². The van der Waals surface area contributed by atoms with Crippen molar-refractivity contribution in [3.8, 4) is 17.2 Å². The van der Waals surface area contributed by atoms with Crippen molar-refractivity contribution in [2.45, 2.75) is 26.4 Å². The molecule has 0 bridgehead atoms. The molecule has 0 saturated carbocycles. The van der Waals surface area contributed by atoms with Gasteiger partial charge in [-0.25, -0.2) is 0 Å². The van der Waals surface area contributed by atoms with Gasteiger partial charge >= 0.3 is 0 Å². The number of carbonyl (C=O) groups is 1. The smallest absolute Gasteiger partial charge is 0.261 e. The molecule has 25 heavy (non-hydrogen) atoms. The van der Waals surface area contributed by atoms with Crippen LogP contribution in [0.3, 0.4) is 0 Å². The Bertz CT molecular complexity index is 670. The standard InChI is InChI=1S/C20H25NO4/c1-4-17(25-16-11-9-15(2)10-12-16)20(22)21-13-14-24-19-8-6-5-7-18(19)23-3/h5-12,17H,4,13-14H2,1-3H3,(H,21,22). The maximum Gasteiger partial charge on any atom is 0.261 e. The van der Waals surface area contributed by atoms with E-state index in [0.717, 1.165) is 5.56 Å². The van der Waals surface area contributed by atoms with E-state index in [9.17, 15) is 4.79 Å². The summed E-state index contributed by atoms with van der Waals surface area (Å²) in [5.41, 5.74) is 1.15. The molecule has 0 heterocycles. The Labute approximate surface area is 148 Å². The number of hydrogen-bond acceptors (Lipinski definition) is 4. The normalized spacial score (nSPS) is 11.5. The van der Waals surface area contributed by atoms with Crippen molar-refractivity contribution in [2.24, 2.45) is 0 Å². The number of aryl methyl sites for hydroxylation is 1. The van der Waals surface area contributed by atoms with E-state index in [4.69, 9.17) is 14.2 Å². The van der Waals surface area contributed by atoms with Crippen LogP contribution >= 0.6 is 0 Å². The highest BCUT2D eigenvalue weighted by molar-refractivity contribution is 5.81. The number of rotatable bonds is 9. The molecule has 0 saturated heterocycles. The summed E-state index contributed by atoms with van der Waals surface area (Å²) in [7, 11) is 1.60. The van der Waals surface area contributed by atoms with Gasteiger partial charge in [0.25, 0.3) is 5.91 Å². The summed E-state index contributed by atoms with van der Waals surface area (Å²) in [5, 5.41) is 2.84. The van der Waals surface area contributed by atoms with Crippen molar-refractivity contribution in [3.05, 3.63) is 54.1 Å². The van der Waals surface area contributed by atoms with E-state index >= 15 is 0 Å². The van der Waals surface area contributed by atoms with Crippen molar-refractivity contribution in [1.29, 1.82) is 0 Å². The van der Waals surface area contributed by atoms with Gasteiger partial charge < -0.3 is 19.5 Å². The van der Waals surface area contributed by atoms with Crippen molar-refractivity contribution in [2.75, 3.05) is 20.3 Å². The van der Waals surface area contributed by atoms with Crippen molar-refractivity contribution in [1.82, 2.24) is 5.32 Å². The van der Waals surface area contributed by atoms with E-state index in [-0.39, 0.29) is 5.91 Å². The first-order valence-electron chi connectivity index (χ1n) is 8.41. The monoisotopic (exact) mass is 343 g/mol. The molecule has 0 aliphatic heterocycles. The second-order valence-corrected chi connectivity index (χ2v) is 5.62. The maximum atomic E-state index is 12.3. The van der Waals surface area contributed by atoms with Gasteiger partial charge in [0.1, 0.15) is 12.4 Å². The summed E-state index contributed by atoms with van der Waals surface area (Å²) >= 11 is 0. The van der Waals surface area contributed by atoms with Gasteiger partial charge in [-0.2, -0.15) is 0 Å². The number of ether oxygens (including phenoxy) is 3. The number of hydrogen-bond donors (Lipinski definition) is 1. The zero-order valence-corrected chi connectivity index (χ0v) is 15.0. The number of benzene rings is 2. The molecule has 134 valence electrons. The minimum Gasteiger partial charge on any atom is -0.493 e. The predicted octanol–water partition coefficient (Wildman–Crippen LogP) is 3.36. The molecule has 1 amide bonds. The minimum absolute atomic E-state index is 0.147. The molecule has 1 N–H and O–H groups in total. The molecular weight excluding hydrogens is 318 g/mol. The Morgan fingerprint density at radius 1 is 1.08 bits per heavy atom. The third-order valence-electron chi connectivity index (χ3n) is 3.69. The number of methoxy groups -OCH3 is 1. The average molecular weight is 343 g/mol. The third-order valence-corrected chi connectivity index (χ3v) is 3.69. The summed E-state index contributed by atoms with van der Waals surface area (Å²) in [4.78, 5) is 12.3. The molecule has 0 fully saturated rings. The van der Waals surface area contributed by atoms with Gasteiger partial charge in [0, 0.05) is 0 Å². The van der Waals surface area contributed by atoms with Gasteiger partial charge in [-0.05, 0) is 37.6 Å². The van der Waals surface area contributed by atoms with E-state index in [2.05, 4.69) is 5.32 Å². The fraction of sp³-hybridized carbons (Fsp3) is 0.350. The van der Waals surface area contributed by atoms with Gasteiger partial charge in [-0.3, -0.25) is 4.79 Å². The van der Waals surface area contributed by atoms with Crippen molar-refractivity contribution in [3.63, 3.8) is 0 Å². The Morgan fingerprint density at radius 3 is 2.40 bits per heavy atom. The minimum atomic E-state index is -0.519. The van der Waals surface area contributed by atoms with Crippen LogP contribution in [0.4, 0.5) is 0 Å². The Kier molecular flexibility index (Phi) is 7.14. The van der Waals surface area contributed by atoms with Gasteiger partial charge in [0.15, 0.2) is 17.6 Å². The molecule has 0 spiro atoms. The fourth-order valence-corrected chi connectivity index (χ4v) is 2.29. The highest BCUT2D eigenvalue weighted by Gasteiger charge is 2.17. The molecule has 2 aromatic rings. The number of amides is 1. The molecule has 1 unspecified atom stereocenters. The fourth-order valence-electron chi connectivity index (χ4n) is 2.29. The molecule has 5 heteroatoms. The van der Waals surface area contributed by atoms with Crippen LogP contribution in [0.1, 0.15) is 18.9 Å². The molecule has 0 aliphatic carbocycles. The van der Waals surface area contributed by atoms with E-state index < -0.39 is 6.10 Å². The lowest BCUT2D eigenvalue weighted by molar-refractivity contribution is -0.128. The van der Waals surface area contributed by atoms with Gasteiger partial charge in [-0.15, -0.1) is 0 Å². The van der Waals surface area contributed by atoms with E-state index in [1.807, 2.05) is 62.4 Å². The molecule has 0 aromatic heterocycles. The number of para-hydroxylation sites is 2. The zero-order valence-electron chi connectivity index (χ0n) is 15.0. The quantitative estimate of drug-likeness (QED) is 0.710. The van der Waals surface area contributed by atoms with Crippen LogP contribution in [0.5, 0.6) is 17.2 Å². The van der Waals surface area contributed by atoms with E-state index in [0.29, 0.717) is 36.8 Å². The molecule has 2 aromatic carbocycles. The maximum absolute atomic E-state index is 12.3. The Morgan fingerprint density at radius 2 is 1.76 bits per heavy atom. The SMILES string of the molecule is CCC(Oc1ccc(C)cc1)C(=O)NCCOc1ccccc1OC. The number of carbonyl (C=O) groups excluding carboxylic acids is 1. The van der Waals surface area contributed by atoms with Crippen LogP contribution in [0, 0.1) is 6.92 Å². The highest BCUT2D eigenvalue weighted by Crippen LogP contribution is 2.25. The molecule has 1 atom stereocenters. The second-order valence-electron chi connectivity index (χ2n) is 5.62. The highest BCUT2D eigenvalue weighted by atomic mass is 16.5. The molecule has 0 radical (unpaired) electrons. The molecular formula is C20H25NO4. The summed E-state index contributed by atoms with van der Waals surface area (Å²) in [6.07, 6.45) is 0.0709. The van der Waals surface area contributed by atoms with Gasteiger partial charge in [0.05, 0.1) is 13.7 Å². The predicted molar refractivity (Wildman–Crippen MR) is 97.4 cm³/mol. The average Bonchev–Trinajstić information content (AvgIpc) is 2.64. The van der Waals surface area contributed by atoms with Crippen LogP contribution in [0.25, 0.3) is 0 Å². The lowest BCUT2D eigenvalue weighted by Gasteiger charge is -2.17. The first-order valence-corrected chi connectivity index (χ1v) is 8.41. The lowest BCUT2D eigenvalue weighted by atomic mass is 10.2. The van der Waals surface area contributed by atoms with E-state index in [1.54, 1.807) is 7.11 Å². The summed E-state index contributed by atoms with van der Waals surface area (Å²) < 4.78 is 16.6. The first kappa shape index (κ1) is 18.6. The van der Waals surface area contributed by atoms with E-state index in [1.165, 1.54) is 0 Å². The number of nitrogens with one attached hydrogen (secondary N) is 1. The Hall–Kier alpha value is -2.69. The van der Waals surface area contributed by atoms with Crippen LogP contribution < -0.4 is 19.5 Å². The molecule has 5 nitrogen and oxygen atoms in total. The van der Waals surface area contributed by atoms with Crippen LogP contribution in [0.15, 0.2) is 48.5 Å². The summed E-state index contributed by atoms with van der Waals surface area (Å²) in [6, 6.07) is 15.1. The largest absolute Gasteiger partial charge is 0.493 e. The van der Waals surface area contributed by atoms with Crippen molar-refractivity contribution < 1.29 is 19.0 Å². The van der Waals surface area contributed by atoms with Crippen LogP contribution in [0.2, 0.25) is 0 Å². The molecule has 0 aliphatic rings. The van der Waals surface area contributed by atoms with Crippen LogP contribution in [-0.2, 0) is 4.79 Å².